The molecule has 4 rings (SSSR count). The number of rotatable bonds is 10. The first-order valence-corrected chi connectivity index (χ1v) is 15.8. The number of aromatic nitrogens is 1. The number of hydrogen-bond acceptors (Lipinski definition) is 7. The van der Waals surface area contributed by atoms with E-state index in [4.69, 9.17) is 4.74 Å². The summed E-state index contributed by atoms with van der Waals surface area (Å²) in [5.41, 5.74) is 0.00445. The largest absolute Gasteiger partial charge is 0.379 e. The van der Waals surface area contributed by atoms with Crippen molar-refractivity contribution in [1.29, 1.82) is 5.26 Å². The van der Waals surface area contributed by atoms with Crippen molar-refractivity contribution < 1.29 is 33.8 Å². The molecule has 0 aliphatic carbocycles. The zero-order chi connectivity index (χ0) is 31.5. The summed E-state index contributed by atoms with van der Waals surface area (Å²) in [7, 11) is -8.60. The van der Waals surface area contributed by atoms with Gasteiger partial charge in [0.2, 0.25) is 5.91 Å². The zero-order valence-corrected chi connectivity index (χ0v) is 24.6. The Bertz CT molecular complexity index is 1340. The maximum absolute atomic E-state index is 14.2. The number of amides is 2. The van der Waals surface area contributed by atoms with Crippen LogP contribution in [-0.4, -0.2) is 67.1 Å². The average molecular weight is 631 g/mol. The SMILES string of the molecule is COC1CC(C(=O)N(c2ccc(S(F)(F)(F)(F)F)cc2)C(C(=O)NCC(C)C2CCCNC2)c2cccnc2)N(C#N)C1. The second-order valence-corrected chi connectivity index (χ2v) is 13.5. The molecule has 5 unspecified atom stereocenters. The molecule has 2 aliphatic rings. The van der Waals surface area contributed by atoms with Crippen LogP contribution in [0.2, 0.25) is 0 Å². The first kappa shape index (κ1) is 32.4. The number of anilines is 1. The van der Waals surface area contributed by atoms with E-state index in [-0.39, 0.29) is 48.8 Å². The van der Waals surface area contributed by atoms with Crippen molar-refractivity contribution in [3.8, 4) is 6.19 Å². The first-order valence-electron chi connectivity index (χ1n) is 13.9. The molecule has 236 valence electrons. The minimum atomic E-state index is -10.0. The molecule has 2 fully saturated rings. The fourth-order valence-electron chi connectivity index (χ4n) is 5.59. The summed E-state index contributed by atoms with van der Waals surface area (Å²) in [5, 5.41) is 15.9. The van der Waals surface area contributed by atoms with E-state index >= 15 is 0 Å². The van der Waals surface area contributed by atoms with Crippen LogP contribution in [0.4, 0.5) is 25.1 Å². The number of carbonyl (C=O) groups is 2. The number of nitrogens with one attached hydrogen (secondary N) is 2. The Morgan fingerprint density at radius 3 is 2.51 bits per heavy atom. The smallest absolute Gasteiger partial charge is 0.310 e. The molecule has 2 N–H and O–H groups in total. The van der Waals surface area contributed by atoms with E-state index in [0.717, 1.165) is 43.0 Å². The van der Waals surface area contributed by atoms with E-state index in [9.17, 15) is 34.3 Å². The fourth-order valence-corrected chi connectivity index (χ4v) is 6.24. The first-order chi connectivity index (χ1) is 20.1. The number of piperidine rings is 1. The summed E-state index contributed by atoms with van der Waals surface area (Å²) in [6.07, 6.45) is 6.27. The van der Waals surface area contributed by atoms with Gasteiger partial charge in [0.15, 0.2) is 6.19 Å². The third-order valence-corrected chi connectivity index (χ3v) is 9.22. The second-order valence-electron chi connectivity index (χ2n) is 11.1. The predicted octanol–water partition coefficient (Wildman–Crippen LogP) is 5.14. The van der Waals surface area contributed by atoms with Crippen LogP contribution in [0.5, 0.6) is 0 Å². The van der Waals surface area contributed by atoms with Gasteiger partial charge in [0.1, 0.15) is 17.0 Å². The lowest BCUT2D eigenvalue weighted by atomic mass is 9.87. The molecule has 0 saturated carbocycles. The van der Waals surface area contributed by atoms with Crippen molar-refractivity contribution in [3.63, 3.8) is 0 Å². The fraction of sp³-hybridized carbons (Fsp3) is 0.500. The van der Waals surface area contributed by atoms with Crippen molar-refractivity contribution in [3.05, 3.63) is 54.4 Å². The van der Waals surface area contributed by atoms with E-state index in [2.05, 4.69) is 15.6 Å². The van der Waals surface area contributed by atoms with Crippen LogP contribution < -0.4 is 15.5 Å². The Kier molecular flexibility index (Phi) is 8.97. The number of halogens is 5. The Morgan fingerprint density at radius 1 is 1.23 bits per heavy atom. The molecule has 5 atom stereocenters. The van der Waals surface area contributed by atoms with E-state index in [0.29, 0.717) is 5.92 Å². The molecule has 0 radical (unpaired) electrons. The van der Waals surface area contributed by atoms with Gasteiger partial charge in [-0.3, -0.25) is 24.4 Å². The van der Waals surface area contributed by atoms with Crippen molar-refractivity contribution >= 4 is 27.7 Å². The number of carbonyl (C=O) groups excluding carboxylic acids is 2. The molecule has 15 heteroatoms. The molecule has 2 amide bonds. The standard InChI is InChI=1S/C28H35F5N6O3S/c1-19(20-5-3-11-35-15-20)14-37-27(40)26(21-6-4-12-36-16-21)39(28(41)25-13-23(42-2)17-38(25)18-34)22-7-9-24(10-8-22)43(29,30,31,32)33/h4,6-10,12,16,19-20,23,25-26,35H,3,5,11,13-15,17H2,1-2H3,(H,37,40). The highest BCUT2D eigenvalue weighted by Crippen LogP contribution is 3.02. The maximum atomic E-state index is 14.2. The molecule has 3 heterocycles. The Hall–Kier alpha value is -3.48. The van der Waals surface area contributed by atoms with Crippen LogP contribution >= 0.6 is 10.2 Å². The van der Waals surface area contributed by atoms with Gasteiger partial charge < -0.3 is 15.4 Å². The molecule has 0 bridgehead atoms. The number of ether oxygens (including phenoxy) is 1. The molecule has 9 nitrogen and oxygen atoms in total. The predicted molar refractivity (Wildman–Crippen MR) is 152 cm³/mol. The van der Waals surface area contributed by atoms with Crippen LogP contribution in [-0.2, 0) is 14.3 Å². The Balaban J connectivity index is 1.75. The van der Waals surface area contributed by atoms with Crippen LogP contribution in [0.3, 0.4) is 0 Å². The second kappa shape index (κ2) is 11.9. The van der Waals surface area contributed by atoms with Gasteiger partial charge in [-0.25, -0.2) is 0 Å². The third kappa shape index (κ3) is 7.73. The number of hydrogen-bond donors (Lipinski definition) is 2. The number of nitriles is 1. The van der Waals surface area contributed by atoms with Crippen molar-refractivity contribution in [2.45, 2.75) is 49.3 Å². The quantitative estimate of drug-likeness (QED) is 0.277. The lowest BCUT2D eigenvalue weighted by Crippen LogP contribution is -2.51. The topological polar surface area (TPSA) is 111 Å². The van der Waals surface area contributed by atoms with Crippen LogP contribution in [0.1, 0.15) is 37.8 Å². The minimum absolute atomic E-state index is 0.0655. The summed E-state index contributed by atoms with van der Waals surface area (Å²) in [5.74, 6) is -1.05. The molecule has 2 aliphatic heterocycles. The van der Waals surface area contributed by atoms with Gasteiger partial charge in [-0.1, -0.05) is 32.4 Å². The third-order valence-electron chi connectivity index (χ3n) is 8.05. The van der Waals surface area contributed by atoms with Crippen LogP contribution in [0.15, 0.2) is 53.7 Å². The molecular weight excluding hydrogens is 595 g/mol. The van der Waals surface area contributed by atoms with Gasteiger partial charge in [-0.15, -0.1) is 0 Å². The Morgan fingerprint density at radius 2 is 1.95 bits per heavy atom. The van der Waals surface area contributed by atoms with Gasteiger partial charge in [-0.2, -0.15) is 5.26 Å². The molecule has 0 spiro atoms. The summed E-state index contributed by atoms with van der Waals surface area (Å²) < 4.78 is 73.0. The molecule has 43 heavy (non-hydrogen) atoms. The highest BCUT2D eigenvalue weighted by atomic mass is 32.5. The van der Waals surface area contributed by atoms with E-state index in [1.54, 1.807) is 0 Å². The summed E-state index contributed by atoms with van der Waals surface area (Å²) in [6.45, 7) is 4.04. The lowest BCUT2D eigenvalue weighted by molar-refractivity contribution is -0.128. The van der Waals surface area contributed by atoms with Crippen molar-refractivity contribution in [2.75, 3.05) is 38.2 Å². The lowest BCUT2D eigenvalue weighted by Gasteiger charge is -2.41. The van der Waals surface area contributed by atoms with Gasteiger partial charge in [0.05, 0.1) is 12.6 Å². The van der Waals surface area contributed by atoms with Gasteiger partial charge in [0, 0.05) is 43.7 Å². The molecule has 2 saturated heterocycles. The monoisotopic (exact) mass is 630 g/mol. The van der Waals surface area contributed by atoms with Gasteiger partial charge in [-0.05, 0) is 68.1 Å². The van der Waals surface area contributed by atoms with E-state index < -0.39 is 45.1 Å². The van der Waals surface area contributed by atoms with Crippen molar-refractivity contribution in [1.82, 2.24) is 20.5 Å². The minimum Gasteiger partial charge on any atom is -0.379 e. The summed E-state index contributed by atoms with van der Waals surface area (Å²) in [6, 6.07) is 2.36. The highest BCUT2D eigenvalue weighted by Gasteiger charge is 2.65. The van der Waals surface area contributed by atoms with Crippen LogP contribution in [0, 0.1) is 23.3 Å². The van der Waals surface area contributed by atoms with Gasteiger partial charge >= 0.3 is 10.2 Å². The van der Waals surface area contributed by atoms with Gasteiger partial charge in [0.25, 0.3) is 5.91 Å². The molecule has 1 aromatic carbocycles. The number of methoxy groups -OCH3 is 1. The van der Waals surface area contributed by atoms with Crippen molar-refractivity contribution in [2.24, 2.45) is 11.8 Å². The molecule has 1 aromatic heterocycles. The molecular formula is C28H35F5N6O3S. The normalized spacial score (nSPS) is 23.8. The highest BCUT2D eigenvalue weighted by molar-refractivity contribution is 8.45. The zero-order valence-electron chi connectivity index (χ0n) is 23.8. The Labute approximate surface area is 247 Å². The summed E-state index contributed by atoms with van der Waals surface area (Å²) >= 11 is 0. The van der Waals surface area contributed by atoms with E-state index in [1.807, 2.05) is 13.1 Å². The van der Waals surface area contributed by atoms with E-state index in [1.165, 1.54) is 36.5 Å². The number of likely N-dealkylation sites (tertiary alicyclic amines) is 1. The molecule has 2 aromatic rings. The van der Waals surface area contributed by atoms with Crippen LogP contribution in [0.25, 0.3) is 0 Å². The number of pyridine rings is 1. The number of benzene rings is 1. The summed E-state index contributed by atoms with van der Waals surface area (Å²) in [4.78, 5) is 32.2. The number of nitrogens with zero attached hydrogens (tertiary/aromatic N) is 4. The average Bonchev–Trinajstić information content (AvgIpc) is 3.42. The maximum Gasteiger partial charge on any atom is 0.310 e.